The number of nitrogens with one attached hydrogen (secondary N) is 1. The van der Waals surface area contributed by atoms with Crippen molar-refractivity contribution in [3.05, 3.63) is 47.8 Å². The predicted octanol–water partition coefficient (Wildman–Crippen LogP) is 3.44. The third-order valence-electron chi connectivity index (χ3n) is 2.52. The fourth-order valence-corrected chi connectivity index (χ4v) is 1.58. The fourth-order valence-electron chi connectivity index (χ4n) is 1.58. The van der Waals surface area contributed by atoms with Crippen LogP contribution in [-0.4, -0.2) is 7.11 Å². The Morgan fingerprint density at radius 1 is 1.05 bits per heavy atom. The maximum absolute atomic E-state index is 13.3. The molecule has 6 heteroatoms. The van der Waals surface area contributed by atoms with Crippen molar-refractivity contribution in [2.24, 2.45) is 0 Å². The molecule has 0 atom stereocenters. The Balaban J connectivity index is 2.36. The Morgan fingerprint density at radius 2 is 1.79 bits per heavy atom. The molecule has 0 aliphatic carbocycles. The van der Waals surface area contributed by atoms with Gasteiger partial charge >= 0.3 is 0 Å². The molecule has 0 heterocycles. The van der Waals surface area contributed by atoms with Gasteiger partial charge in [0.15, 0.2) is 17.4 Å². The molecule has 2 aromatic carbocycles. The molecule has 19 heavy (non-hydrogen) atoms. The summed E-state index contributed by atoms with van der Waals surface area (Å²) in [6.07, 6.45) is 0. The van der Waals surface area contributed by atoms with Gasteiger partial charge in [-0.25, -0.2) is 13.2 Å². The van der Waals surface area contributed by atoms with Crippen LogP contribution in [0.2, 0.25) is 0 Å². The quantitative estimate of drug-likeness (QED) is 0.838. The van der Waals surface area contributed by atoms with Crippen LogP contribution in [-0.2, 0) is 0 Å². The maximum Gasteiger partial charge on any atom is 0.165 e. The molecule has 0 saturated heterocycles. The van der Waals surface area contributed by atoms with Crippen LogP contribution < -0.4 is 15.8 Å². The van der Waals surface area contributed by atoms with Gasteiger partial charge in [-0.05, 0) is 18.2 Å². The maximum atomic E-state index is 13.3. The second-order valence-corrected chi connectivity index (χ2v) is 3.82. The van der Waals surface area contributed by atoms with Crippen LogP contribution in [0.15, 0.2) is 30.3 Å². The van der Waals surface area contributed by atoms with Gasteiger partial charge in [0.2, 0.25) is 0 Å². The van der Waals surface area contributed by atoms with E-state index in [0.29, 0.717) is 11.8 Å². The van der Waals surface area contributed by atoms with E-state index in [-0.39, 0.29) is 17.1 Å². The highest BCUT2D eigenvalue weighted by molar-refractivity contribution is 5.73. The summed E-state index contributed by atoms with van der Waals surface area (Å²) in [5.41, 5.74) is 5.73. The number of nitrogen functional groups attached to an aromatic ring is 1. The lowest BCUT2D eigenvalue weighted by molar-refractivity contribution is 0.387. The minimum absolute atomic E-state index is 0.0143. The molecule has 0 aromatic heterocycles. The molecule has 0 unspecified atom stereocenters. The van der Waals surface area contributed by atoms with E-state index in [0.717, 1.165) is 6.07 Å². The van der Waals surface area contributed by atoms with Gasteiger partial charge in [-0.3, -0.25) is 0 Å². The highest BCUT2D eigenvalue weighted by atomic mass is 19.1. The van der Waals surface area contributed by atoms with Gasteiger partial charge < -0.3 is 15.8 Å². The first-order chi connectivity index (χ1) is 9.01. The summed E-state index contributed by atoms with van der Waals surface area (Å²) in [7, 11) is 1.32. The molecule has 0 aliphatic rings. The van der Waals surface area contributed by atoms with Crippen LogP contribution in [0.4, 0.5) is 30.2 Å². The van der Waals surface area contributed by atoms with Gasteiger partial charge in [-0.15, -0.1) is 0 Å². The summed E-state index contributed by atoms with van der Waals surface area (Å²) in [5, 5.41) is 2.70. The lowest BCUT2D eigenvalue weighted by Gasteiger charge is -2.11. The average Bonchev–Trinajstić information content (AvgIpc) is 2.37. The van der Waals surface area contributed by atoms with Crippen molar-refractivity contribution in [1.29, 1.82) is 0 Å². The van der Waals surface area contributed by atoms with Crippen LogP contribution >= 0.6 is 0 Å². The summed E-state index contributed by atoms with van der Waals surface area (Å²) >= 11 is 0. The summed E-state index contributed by atoms with van der Waals surface area (Å²) in [4.78, 5) is 0. The lowest BCUT2D eigenvalue weighted by Crippen LogP contribution is -2.01. The molecule has 3 nitrogen and oxygen atoms in total. The molecule has 0 amide bonds. The van der Waals surface area contributed by atoms with Gasteiger partial charge in [0.25, 0.3) is 0 Å². The number of anilines is 3. The Bertz CT molecular complexity index is 617. The van der Waals surface area contributed by atoms with E-state index in [4.69, 9.17) is 10.5 Å². The molecule has 0 spiro atoms. The monoisotopic (exact) mass is 268 g/mol. The van der Waals surface area contributed by atoms with Gasteiger partial charge in [-0.2, -0.15) is 0 Å². The SMILES string of the molecule is COc1cc(Nc2cc(F)cc(F)c2N)ccc1F. The molecule has 0 fully saturated rings. The molecule has 0 saturated carbocycles. The van der Waals surface area contributed by atoms with E-state index in [1.54, 1.807) is 0 Å². The number of nitrogens with two attached hydrogens (primary N) is 1. The number of hydrogen-bond acceptors (Lipinski definition) is 3. The van der Waals surface area contributed by atoms with E-state index >= 15 is 0 Å². The smallest absolute Gasteiger partial charge is 0.165 e. The Labute approximate surface area is 107 Å². The zero-order chi connectivity index (χ0) is 14.0. The number of rotatable bonds is 3. The van der Waals surface area contributed by atoms with E-state index in [1.165, 1.54) is 25.3 Å². The summed E-state index contributed by atoms with van der Waals surface area (Å²) in [6, 6.07) is 5.67. The predicted molar refractivity (Wildman–Crippen MR) is 67.0 cm³/mol. The lowest BCUT2D eigenvalue weighted by atomic mass is 10.2. The third-order valence-corrected chi connectivity index (χ3v) is 2.52. The van der Waals surface area contributed by atoms with E-state index in [1.807, 2.05) is 0 Å². The second kappa shape index (κ2) is 5.09. The van der Waals surface area contributed by atoms with Crippen molar-refractivity contribution in [2.75, 3.05) is 18.2 Å². The number of ether oxygens (including phenoxy) is 1. The van der Waals surface area contributed by atoms with Gasteiger partial charge in [0.1, 0.15) is 5.82 Å². The topological polar surface area (TPSA) is 47.3 Å². The summed E-state index contributed by atoms with van der Waals surface area (Å²) in [5.74, 6) is -2.15. The first-order valence-corrected chi connectivity index (χ1v) is 5.36. The zero-order valence-corrected chi connectivity index (χ0v) is 10.0. The van der Waals surface area contributed by atoms with E-state index in [9.17, 15) is 13.2 Å². The number of hydrogen-bond donors (Lipinski definition) is 2. The summed E-state index contributed by atoms with van der Waals surface area (Å²) in [6.45, 7) is 0. The molecule has 100 valence electrons. The Morgan fingerprint density at radius 3 is 2.47 bits per heavy atom. The van der Waals surface area contributed by atoms with Crippen molar-refractivity contribution < 1.29 is 17.9 Å². The molecule has 2 aromatic rings. The highest BCUT2D eigenvalue weighted by Crippen LogP contribution is 2.29. The highest BCUT2D eigenvalue weighted by Gasteiger charge is 2.10. The average molecular weight is 268 g/mol. The van der Waals surface area contributed by atoms with Crippen molar-refractivity contribution in [2.45, 2.75) is 0 Å². The van der Waals surface area contributed by atoms with Crippen LogP contribution in [0.25, 0.3) is 0 Å². The first kappa shape index (κ1) is 13.1. The van der Waals surface area contributed by atoms with Gasteiger partial charge in [0, 0.05) is 17.8 Å². The van der Waals surface area contributed by atoms with Crippen molar-refractivity contribution >= 4 is 17.1 Å². The van der Waals surface area contributed by atoms with Crippen LogP contribution in [0.5, 0.6) is 5.75 Å². The van der Waals surface area contributed by atoms with Gasteiger partial charge in [-0.1, -0.05) is 0 Å². The second-order valence-electron chi connectivity index (χ2n) is 3.82. The normalized spacial score (nSPS) is 10.3. The van der Waals surface area contributed by atoms with Crippen molar-refractivity contribution in [3.8, 4) is 5.75 Å². The van der Waals surface area contributed by atoms with E-state index in [2.05, 4.69) is 5.32 Å². The Kier molecular flexibility index (Phi) is 3.50. The van der Waals surface area contributed by atoms with Crippen LogP contribution in [0.3, 0.4) is 0 Å². The molecule has 0 bridgehead atoms. The first-order valence-electron chi connectivity index (χ1n) is 5.36. The number of methoxy groups -OCH3 is 1. The van der Waals surface area contributed by atoms with Crippen molar-refractivity contribution in [1.82, 2.24) is 0 Å². The summed E-state index contributed by atoms with van der Waals surface area (Å²) < 4.78 is 44.4. The van der Waals surface area contributed by atoms with Crippen LogP contribution in [0.1, 0.15) is 0 Å². The van der Waals surface area contributed by atoms with Crippen LogP contribution in [0, 0.1) is 17.5 Å². The molecule has 0 aliphatic heterocycles. The largest absolute Gasteiger partial charge is 0.494 e. The minimum Gasteiger partial charge on any atom is -0.494 e. The molecular formula is C13H11F3N2O. The van der Waals surface area contributed by atoms with Gasteiger partial charge in [0.05, 0.1) is 18.5 Å². The molecule has 3 N–H and O–H groups in total. The van der Waals surface area contributed by atoms with Crippen molar-refractivity contribution in [3.63, 3.8) is 0 Å². The fraction of sp³-hybridized carbons (Fsp3) is 0.0769. The molecule has 2 rings (SSSR count). The number of halogens is 3. The zero-order valence-electron chi connectivity index (χ0n) is 10.0. The minimum atomic E-state index is -0.864. The number of benzene rings is 2. The third kappa shape index (κ3) is 2.73. The molecular weight excluding hydrogens is 257 g/mol. The standard InChI is InChI=1S/C13H11F3N2O/c1-19-12-6-8(2-3-9(12)15)18-11-5-7(14)4-10(16)13(11)17/h2-6,18H,17H2,1H3. The molecule has 0 radical (unpaired) electrons. The van der Waals surface area contributed by atoms with E-state index < -0.39 is 17.5 Å². The Hall–Kier alpha value is -2.37.